The summed E-state index contributed by atoms with van der Waals surface area (Å²) in [5, 5.41) is 2.76. The Balaban J connectivity index is 1.26. The second-order valence-corrected chi connectivity index (χ2v) is 20.5. The van der Waals surface area contributed by atoms with Crippen LogP contribution in [-0.2, 0) is 16.2 Å². The minimum Gasteiger partial charge on any atom is -0.376 e. The summed E-state index contributed by atoms with van der Waals surface area (Å²) in [6.07, 6.45) is 4.94. The molecule has 5 heterocycles. The highest BCUT2D eigenvalue weighted by Gasteiger charge is 2.63. The van der Waals surface area contributed by atoms with Crippen LogP contribution in [0.15, 0.2) is 146 Å². The van der Waals surface area contributed by atoms with E-state index in [4.69, 9.17) is 0 Å². The largest absolute Gasteiger partial charge is 0.376 e. The molecule has 2 unspecified atom stereocenters. The fraction of sp³-hybridized carbons (Fsp3) is 0.236. The van der Waals surface area contributed by atoms with Crippen LogP contribution in [0.3, 0.4) is 0 Å². The van der Waals surface area contributed by atoms with E-state index in [0.717, 1.165) is 0 Å². The highest BCUT2D eigenvalue weighted by molar-refractivity contribution is 7.26. The normalized spacial score (nSPS) is 21.5. The molecule has 1 fully saturated rings. The molecule has 0 N–H and O–H groups in total. The zero-order valence-electron chi connectivity index (χ0n) is 34.6. The Morgan fingerprint density at radius 3 is 2.05 bits per heavy atom. The molecule has 0 amide bonds. The highest BCUT2D eigenvalue weighted by atomic mass is 32.1. The molecular formula is C55H47BN2S. The average molecular weight is 779 g/mol. The number of anilines is 4. The molecule has 13 rings (SSSR count). The Labute approximate surface area is 352 Å². The number of para-hydroxylation sites is 2. The minimum atomic E-state index is -0.527. The summed E-state index contributed by atoms with van der Waals surface area (Å²) in [6.45, 7) is 12.5. The molecule has 1 aromatic heterocycles. The third-order valence-electron chi connectivity index (χ3n) is 15.8. The number of benzene rings is 7. The van der Waals surface area contributed by atoms with Crippen molar-refractivity contribution in [1.29, 1.82) is 0 Å². The molecule has 59 heavy (non-hydrogen) atoms. The van der Waals surface area contributed by atoms with Crippen LogP contribution in [0, 0.1) is 0 Å². The average Bonchev–Trinajstić information content (AvgIpc) is 3.73. The van der Waals surface area contributed by atoms with Gasteiger partial charge in [0, 0.05) is 59.5 Å². The van der Waals surface area contributed by atoms with Crippen molar-refractivity contribution in [3.8, 4) is 11.1 Å². The molecule has 8 aromatic rings. The zero-order valence-corrected chi connectivity index (χ0v) is 35.4. The van der Waals surface area contributed by atoms with Crippen molar-refractivity contribution < 1.29 is 0 Å². The predicted molar refractivity (Wildman–Crippen MR) is 252 cm³/mol. The highest BCUT2D eigenvalue weighted by Crippen LogP contribution is 2.65. The van der Waals surface area contributed by atoms with Gasteiger partial charge in [0.05, 0.1) is 11.0 Å². The van der Waals surface area contributed by atoms with Gasteiger partial charge in [-0.3, -0.25) is 0 Å². The van der Waals surface area contributed by atoms with Gasteiger partial charge in [-0.2, -0.15) is 0 Å². The molecule has 1 aliphatic carbocycles. The zero-order chi connectivity index (χ0) is 39.6. The Kier molecular flexibility index (Phi) is 6.61. The van der Waals surface area contributed by atoms with Gasteiger partial charge in [0.1, 0.15) is 0 Å². The maximum atomic E-state index is 2.91. The van der Waals surface area contributed by atoms with E-state index in [9.17, 15) is 0 Å². The standard InChI is InChI=1S/C55H47BN2S/c1-52(2,3)36-31-42-50-43(32-36)56-48-45(57(50)54(5)30-17-16-29-53(42,54)4)33-39-37-23-12-15-28-46(37)59-51(39)47(48)38-24-18-26-41-49(38)58(56)44-27-14-13-25-40(44)55(41,34-19-8-6-9-20-34)35-21-10-7-11-22-35/h6-15,18-28,31-33H,16-17,29-30H2,1-5H3. The second-order valence-electron chi connectivity index (χ2n) is 19.5. The van der Waals surface area contributed by atoms with Crippen molar-refractivity contribution in [2.75, 3.05) is 9.71 Å². The molecule has 2 atom stereocenters. The number of thiophene rings is 1. The van der Waals surface area contributed by atoms with Crippen LogP contribution in [0.1, 0.15) is 93.7 Å². The van der Waals surface area contributed by atoms with E-state index in [-0.39, 0.29) is 23.2 Å². The van der Waals surface area contributed by atoms with Crippen molar-refractivity contribution >= 4 is 72.0 Å². The van der Waals surface area contributed by atoms with Crippen LogP contribution in [0.5, 0.6) is 0 Å². The summed E-state index contributed by atoms with van der Waals surface area (Å²) < 4.78 is 2.78. The summed E-state index contributed by atoms with van der Waals surface area (Å²) in [5.41, 5.74) is 19.0. The molecule has 1 saturated carbocycles. The van der Waals surface area contributed by atoms with Gasteiger partial charge in [-0.15, -0.1) is 11.3 Å². The monoisotopic (exact) mass is 778 g/mol. The quantitative estimate of drug-likeness (QED) is 0.161. The van der Waals surface area contributed by atoms with Gasteiger partial charge >= 0.3 is 6.85 Å². The minimum absolute atomic E-state index is 0.00591. The number of nitrogens with zero attached hydrogens (tertiary/aromatic N) is 2. The molecular weight excluding hydrogens is 731 g/mol. The molecule has 4 heteroatoms. The van der Waals surface area contributed by atoms with Gasteiger partial charge in [0.2, 0.25) is 0 Å². The molecule has 2 nitrogen and oxygen atoms in total. The molecule has 286 valence electrons. The van der Waals surface area contributed by atoms with E-state index in [1.54, 1.807) is 5.56 Å². The van der Waals surface area contributed by atoms with E-state index >= 15 is 0 Å². The first-order valence-corrected chi connectivity index (χ1v) is 22.6. The van der Waals surface area contributed by atoms with Gasteiger partial charge in [-0.25, -0.2) is 0 Å². The Morgan fingerprint density at radius 1 is 0.610 bits per heavy atom. The first kappa shape index (κ1) is 34.3. The maximum Gasteiger partial charge on any atom is 0.333 e. The van der Waals surface area contributed by atoms with Crippen molar-refractivity contribution in [3.63, 3.8) is 0 Å². The van der Waals surface area contributed by atoms with E-state index in [1.807, 2.05) is 11.3 Å². The van der Waals surface area contributed by atoms with Gasteiger partial charge in [-0.05, 0) is 87.7 Å². The lowest BCUT2D eigenvalue weighted by molar-refractivity contribution is 0.195. The maximum absolute atomic E-state index is 2.91. The van der Waals surface area contributed by atoms with Gasteiger partial charge < -0.3 is 9.71 Å². The summed E-state index contributed by atoms with van der Waals surface area (Å²) >= 11 is 1.99. The van der Waals surface area contributed by atoms with E-state index < -0.39 is 5.41 Å². The number of rotatable bonds is 2. The van der Waals surface area contributed by atoms with Gasteiger partial charge in [0.25, 0.3) is 0 Å². The molecule has 7 aromatic carbocycles. The van der Waals surface area contributed by atoms with E-state index in [1.165, 1.54) is 118 Å². The van der Waals surface area contributed by atoms with E-state index in [0.29, 0.717) is 0 Å². The first-order valence-electron chi connectivity index (χ1n) is 21.8. The molecule has 0 bridgehead atoms. The van der Waals surface area contributed by atoms with Gasteiger partial charge in [-0.1, -0.05) is 168 Å². The van der Waals surface area contributed by atoms with Crippen LogP contribution in [0.4, 0.5) is 22.7 Å². The summed E-state index contributed by atoms with van der Waals surface area (Å²) in [5.74, 6) is 0. The summed E-state index contributed by atoms with van der Waals surface area (Å²) in [7, 11) is 0. The Bertz CT molecular complexity index is 3060. The summed E-state index contributed by atoms with van der Waals surface area (Å²) in [6, 6.07) is 56.4. The Morgan fingerprint density at radius 2 is 1.29 bits per heavy atom. The van der Waals surface area contributed by atoms with Crippen molar-refractivity contribution in [2.24, 2.45) is 0 Å². The SMILES string of the molecule is CC(C)(C)c1cc2c3c(c1)C1(C)CCCCC1(C)N3c1cc3c(sc4ccccc43)c3c1B2N1c2ccccc2C(c2ccccc2)(c2ccccc2)c2cccc-3c21. The lowest BCUT2D eigenvalue weighted by atomic mass is 9.41. The third kappa shape index (κ3) is 4.01. The molecule has 0 radical (unpaired) electrons. The van der Waals surface area contributed by atoms with Gasteiger partial charge in [0.15, 0.2) is 0 Å². The Hall–Kier alpha value is -5.58. The lowest BCUT2D eigenvalue weighted by Gasteiger charge is -2.55. The topological polar surface area (TPSA) is 6.48 Å². The predicted octanol–water partition coefficient (Wildman–Crippen LogP) is 13.0. The van der Waals surface area contributed by atoms with Crippen LogP contribution in [-0.4, -0.2) is 12.4 Å². The third-order valence-corrected chi connectivity index (χ3v) is 17.0. The number of hydrogen-bond donors (Lipinski definition) is 0. The molecule has 0 saturated heterocycles. The van der Waals surface area contributed by atoms with Crippen LogP contribution in [0.2, 0.25) is 0 Å². The van der Waals surface area contributed by atoms with Crippen molar-refractivity contribution in [3.05, 3.63) is 179 Å². The number of fused-ring (bicyclic) bond motifs is 13. The fourth-order valence-electron chi connectivity index (χ4n) is 12.9. The second kappa shape index (κ2) is 11.4. The van der Waals surface area contributed by atoms with E-state index in [2.05, 4.69) is 190 Å². The lowest BCUT2D eigenvalue weighted by Crippen LogP contribution is -2.65. The molecule has 4 aliphatic heterocycles. The number of hydrogen-bond acceptors (Lipinski definition) is 3. The fourth-order valence-corrected chi connectivity index (χ4v) is 14.2. The van der Waals surface area contributed by atoms with Crippen molar-refractivity contribution in [2.45, 2.75) is 82.1 Å². The summed E-state index contributed by atoms with van der Waals surface area (Å²) in [4.78, 5) is 5.73. The van der Waals surface area contributed by atoms with Crippen LogP contribution < -0.4 is 20.6 Å². The van der Waals surface area contributed by atoms with Crippen molar-refractivity contribution in [1.82, 2.24) is 0 Å². The smallest absolute Gasteiger partial charge is 0.333 e. The van der Waals surface area contributed by atoms with Crippen LogP contribution >= 0.6 is 11.3 Å². The molecule has 5 aliphatic rings. The first-order chi connectivity index (χ1) is 28.7. The van der Waals surface area contributed by atoms with Crippen LogP contribution in [0.25, 0.3) is 31.3 Å². The molecule has 0 spiro atoms.